The highest BCUT2D eigenvalue weighted by molar-refractivity contribution is 5.61. The van der Waals surface area contributed by atoms with Gasteiger partial charge in [-0.15, -0.1) is 0 Å². The monoisotopic (exact) mass is 213 g/mol. The Balaban J connectivity index is 2.29. The number of rotatable bonds is 1. The van der Waals surface area contributed by atoms with Gasteiger partial charge in [0.25, 0.3) is 0 Å². The molecule has 0 fully saturated rings. The lowest BCUT2D eigenvalue weighted by molar-refractivity contribution is 0.575. The zero-order valence-corrected chi connectivity index (χ0v) is 8.34. The van der Waals surface area contributed by atoms with Gasteiger partial charge in [0.05, 0.1) is 0 Å². The minimum atomic E-state index is -0.380. The van der Waals surface area contributed by atoms with Crippen molar-refractivity contribution in [2.75, 3.05) is 0 Å². The predicted molar refractivity (Wildman–Crippen MR) is 58.4 cm³/mol. The molecule has 1 aromatic carbocycles. The number of fused-ring (bicyclic) bond motifs is 1. The van der Waals surface area contributed by atoms with Crippen molar-refractivity contribution in [3.8, 4) is 11.3 Å². The van der Waals surface area contributed by atoms with Crippen molar-refractivity contribution >= 4 is 5.78 Å². The molecule has 0 atom stereocenters. The lowest BCUT2D eigenvalue weighted by Crippen LogP contribution is -1.89. The summed E-state index contributed by atoms with van der Waals surface area (Å²) >= 11 is 0. The molecule has 3 nitrogen and oxygen atoms in total. The van der Waals surface area contributed by atoms with Gasteiger partial charge in [-0.3, -0.25) is 4.40 Å². The van der Waals surface area contributed by atoms with Crippen LogP contribution < -0.4 is 0 Å². The smallest absolute Gasteiger partial charge is 0.236 e. The predicted octanol–water partition coefficient (Wildman–Crippen LogP) is 2.54. The van der Waals surface area contributed by atoms with Crippen molar-refractivity contribution in [3.05, 3.63) is 54.7 Å². The molecule has 2 aromatic heterocycles. The molecule has 0 saturated heterocycles. The number of hydrogen-bond donors (Lipinski definition) is 0. The Morgan fingerprint density at radius 2 is 1.88 bits per heavy atom. The van der Waals surface area contributed by atoms with Crippen LogP contribution in [0.3, 0.4) is 0 Å². The summed E-state index contributed by atoms with van der Waals surface area (Å²) in [4.78, 5) is 8.16. The van der Waals surface area contributed by atoms with Crippen LogP contribution in [0, 0.1) is 5.95 Å². The second-order valence-electron chi connectivity index (χ2n) is 3.41. The Morgan fingerprint density at radius 1 is 1.06 bits per heavy atom. The van der Waals surface area contributed by atoms with Gasteiger partial charge in [-0.2, -0.15) is 4.39 Å². The number of nitrogens with zero attached hydrogens (tertiary/aromatic N) is 3. The molecule has 0 aliphatic rings. The molecule has 4 heteroatoms. The zero-order valence-electron chi connectivity index (χ0n) is 8.34. The Bertz CT molecular complexity index is 631. The van der Waals surface area contributed by atoms with E-state index in [-0.39, 0.29) is 5.95 Å². The molecule has 0 spiro atoms. The van der Waals surface area contributed by atoms with Crippen molar-refractivity contribution in [1.29, 1.82) is 0 Å². The average Bonchev–Trinajstić information content (AvgIpc) is 2.69. The van der Waals surface area contributed by atoms with Crippen LogP contribution in [-0.4, -0.2) is 14.4 Å². The second-order valence-corrected chi connectivity index (χ2v) is 3.41. The molecule has 0 saturated carbocycles. The third-order valence-electron chi connectivity index (χ3n) is 2.39. The van der Waals surface area contributed by atoms with Gasteiger partial charge >= 0.3 is 0 Å². The lowest BCUT2D eigenvalue weighted by Gasteiger charge is -1.94. The number of aromatic nitrogens is 3. The van der Waals surface area contributed by atoms with Gasteiger partial charge < -0.3 is 0 Å². The summed E-state index contributed by atoms with van der Waals surface area (Å²) in [6.45, 7) is 0. The normalized spacial score (nSPS) is 10.8. The molecule has 0 aliphatic heterocycles. The van der Waals surface area contributed by atoms with Gasteiger partial charge in [0.1, 0.15) is 5.69 Å². The first-order valence-corrected chi connectivity index (χ1v) is 4.90. The van der Waals surface area contributed by atoms with E-state index in [9.17, 15) is 4.39 Å². The van der Waals surface area contributed by atoms with Crippen molar-refractivity contribution < 1.29 is 4.39 Å². The second kappa shape index (κ2) is 3.41. The maximum absolute atomic E-state index is 14.0. The van der Waals surface area contributed by atoms with Crippen LogP contribution in [0.1, 0.15) is 0 Å². The number of hydrogen-bond acceptors (Lipinski definition) is 2. The van der Waals surface area contributed by atoms with E-state index in [0.29, 0.717) is 11.5 Å². The van der Waals surface area contributed by atoms with Crippen LogP contribution in [0.25, 0.3) is 17.0 Å². The Hall–Kier alpha value is -2.23. The van der Waals surface area contributed by atoms with Gasteiger partial charge in [0, 0.05) is 18.0 Å². The van der Waals surface area contributed by atoms with E-state index in [1.54, 1.807) is 18.5 Å². The summed E-state index contributed by atoms with van der Waals surface area (Å²) in [5.41, 5.74) is 1.09. The third-order valence-corrected chi connectivity index (χ3v) is 2.39. The van der Waals surface area contributed by atoms with Crippen LogP contribution in [0.5, 0.6) is 0 Å². The maximum Gasteiger partial charge on any atom is 0.236 e. The molecular weight excluding hydrogens is 205 g/mol. The highest BCUT2D eigenvalue weighted by Gasteiger charge is 2.13. The molecule has 3 rings (SSSR count). The Labute approximate surface area is 91.2 Å². The van der Waals surface area contributed by atoms with Crippen LogP contribution in [-0.2, 0) is 0 Å². The fourth-order valence-corrected chi connectivity index (χ4v) is 1.64. The molecule has 0 bridgehead atoms. The zero-order chi connectivity index (χ0) is 11.0. The lowest BCUT2D eigenvalue weighted by atomic mass is 10.2. The summed E-state index contributed by atoms with van der Waals surface area (Å²) in [6, 6.07) is 10.9. The molecular formula is C12H8FN3. The van der Waals surface area contributed by atoms with Gasteiger partial charge in [-0.1, -0.05) is 30.3 Å². The molecule has 0 N–H and O–H groups in total. The largest absolute Gasteiger partial charge is 0.260 e. The summed E-state index contributed by atoms with van der Waals surface area (Å²) < 4.78 is 15.3. The van der Waals surface area contributed by atoms with Crippen molar-refractivity contribution in [2.24, 2.45) is 0 Å². The minimum Gasteiger partial charge on any atom is -0.260 e. The first kappa shape index (κ1) is 9.03. The molecule has 0 unspecified atom stereocenters. The third kappa shape index (κ3) is 1.27. The summed E-state index contributed by atoms with van der Waals surface area (Å²) in [7, 11) is 0. The van der Waals surface area contributed by atoms with E-state index in [0.717, 1.165) is 5.56 Å². The molecule has 0 radical (unpaired) electrons. The fraction of sp³-hybridized carbons (Fsp3) is 0. The fourth-order valence-electron chi connectivity index (χ4n) is 1.64. The Kier molecular flexibility index (Phi) is 1.93. The molecule has 78 valence electrons. The van der Waals surface area contributed by atoms with Gasteiger partial charge in [0.2, 0.25) is 11.7 Å². The van der Waals surface area contributed by atoms with E-state index in [4.69, 9.17) is 0 Å². The maximum atomic E-state index is 14.0. The quantitative estimate of drug-likeness (QED) is 0.621. The summed E-state index contributed by atoms with van der Waals surface area (Å²) in [5, 5.41) is 0. The van der Waals surface area contributed by atoms with Crippen molar-refractivity contribution in [3.63, 3.8) is 0 Å². The van der Waals surface area contributed by atoms with Crippen LogP contribution in [0.4, 0.5) is 4.39 Å². The van der Waals surface area contributed by atoms with Crippen molar-refractivity contribution in [2.45, 2.75) is 0 Å². The standard InChI is InChI=1S/C12H8FN3/c13-11-10(9-5-2-1-3-6-9)15-12-14-7-4-8-16(11)12/h1-8H. The minimum absolute atomic E-state index is 0.333. The molecule has 2 heterocycles. The van der Waals surface area contributed by atoms with E-state index in [1.165, 1.54) is 4.40 Å². The highest BCUT2D eigenvalue weighted by Crippen LogP contribution is 2.21. The average molecular weight is 213 g/mol. The molecule has 0 aliphatic carbocycles. The van der Waals surface area contributed by atoms with Crippen LogP contribution in [0.15, 0.2) is 48.8 Å². The number of imidazole rings is 1. The first-order chi connectivity index (χ1) is 7.86. The number of halogens is 1. The van der Waals surface area contributed by atoms with Crippen LogP contribution >= 0.6 is 0 Å². The molecule has 16 heavy (non-hydrogen) atoms. The van der Waals surface area contributed by atoms with Gasteiger partial charge in [-0.25, -0.2) is 9.97 Å². The van der Waals surface area contributed by atoms with Crippen molar-refractivity contribution in [1.82, 2.24) is 14.4 Å². The topological polar surface area (TPSA) is 30.2 Å². The first-order valence-electron chi connectivity index (χ1n) is 4.90. The highest BCUT2D eigenvalue weighted by atomic mass is 19.1. The van der Waals surface area contributed by atoms with Crippen LogP contribution in [0.2, 0.25) is 0 Å². The SMILES string of the molecule is Fc1c(-c2ccccc2)nc2ncccn12. The van der Waals surface area contributed by atoms with E-state index in [2.05, 4.69) is 9.97 Å². The van der Waals surface area contributed by atoms with Gasteiger partial charge in [0.15, 0.2) is 0 Å². The summed E-state index contributed by atoms with van der Waals surface area (Å²) in [5.74, 6) is -0.00634. The molecule has 3 aromatic rings. The van der Waals surface area contributed by atoms with E-state index in [1.807, 2.05) is 30.3 Å². The van der Waals surface area contributed by atoms with Gasteiger partial charge in [-0.05, 0) is 6.07 Å². The number of benzene rings is 1. The van der Waals surface area contributed by atoms with E-state index < -0.39 is 0 Å². The summed E-state index contributed by atoms with van der Waals surface area (Å²) in [6.07, 6.45) is 3.20. The Morgan fingerprint density at radius 3 is 2.62 bits per heavy atom. The van der Waals surface area contributed by atoms with E-state index >= 15 is 0 Å². The molecule has 0 amide bonds.